The number of rotatable bonds is 1. The van der Waals surface area contributed by atoms with Crippen molar-refractivity contribution in [2.45, 2.75) is 25.4 Å². The first-order valence-corrected chi connectivity index (χ1v) is 10.9. The third-order valence-corrected chi connectivity index (χ3v) is 6.49. The molecule has 0 unspecified atom stereocenters. The van der Waals surface area contributed by atoms with Crippen LogP contribution in [0.25, 0.3) is 0 Å². The maximum Gasteiger partial charge on any atom is 0.416 e. The zero-order valence-electron chi connectivity index (χ0n) is 16.6. The molecule has 1 fully saturated rings. The first-order valence-electron chi connectivity index (χ1n) is 10.0. The Bertz CT molecular complexity index is 949. The molecule has 166 valence electrons. The zero-order chi connectivity index (χ0) is 22.0. The number of carbonyl (C=O) groups excluding carboxylic acids is 2. The van der Waals surface area contributed by atoms with Gasteiger partial charge in [0.1, 0.15) is 5.75 Å². The van der Waals surface area contributed by atoms with Crippen molar-refractivity contribution in [1.82, 2.24) is 4.90 Å². The molecular formula is C21H22F3N3O3S. The molecular weight excluding hydrogens is 431 g/mol. The van der Waals surface area contributed by atoms with E-state index in [1.165, 1.54) is 17.4 Å². The van der Waals surface area contributed by atoms with Gasteiger partial charge in [-0.15, -0.1) is 11.3 Å². The van der Waals surface area contributed by atoms with Gasteiger partial charge in [-0.1, -0.05) is 0 Å². The first kappa shape index (κ1) is 21.5. The molecule has 1 aromatic heterocycles. The Morgan fingerprint density at radius 3 is 2.81 bits per heavy atom. The minimum Gasteiger partial charge on any atom is -0.491 e. The molecule has 3 amide bonds. The fraction of sp³-hybridized carbons (Fsp3) is 0.429. The topological polar surface area (TPSA) is 70.7 Å². The van der Waals surface area contributed by atoms with Gasteiger partial charge in [-0.05, 0) is 60.4 Å². The van der Waals surface area contributed by atoms with Gasteiger partial charge in [0.05, 0.1) is 22.9 Å². The molecule has 3 heterocycles. The molecule has 4 rings (SSSR count). The van der Waals surface area contributed by atoms with Crippen molar-refractivity contribution in [3.8, 4) is 5.75 Å². The summed E-state index contributed by atoms with van der Waals surface area (Å²) >= 11 is 1.44. The number of piperidine rings is 1. The van der Waals surface area contributed by atoms with Crippen LogP contribution in [0.15, 0.2) is 35.7 Å². The Balaban J connectivity index is 1.46. The lowest BCUT2D eigenvalue weighted by Gasteiger charge is -2.38. The minimum absolute atomic E-state index is 0.0294. The fourth-order valence-electron chi connectivity index (χ4n) is 4.08. The van der Waals surface area contributed by atoms with Crippen molar-refractivity contribution >= 4 is 34.0 Å². The summed E-state index contributed by atoms with van der Waals surface area (Å²) in [6.07, 6.45) is -3.07. The van der Waals surface area contributed by atoms with E-state index in [-0.39, 0.29) is 48.2 Å². The lowest BCUT2D eigenvalue weighted by molar-refractivity contribution is -0.137. The number of hydrogen-bond donors (Lipinski definition) is 2. The van der Waals surface area contributed by atoms with E-state index >= 15 is 0 Å². The van der Waals surface area contributed by atoms with Gasteiger partial charge in [0.15, 0.2) is 0 Å². The Morgan fingerprint density at radius 1 is 1.23 bits per heavy atom. The molecule has 2 aromatic rings. The van der Waals surface area contributed by atoms with Gasteiger partial charge in [-0.2, -0.15) is 13.2 Å². The van der Waals surface area contributed by atoms with Gasteiger partial charge in [-0.3, -0.25) is 10.1 Å². The second kappa shape index (κ2) is 8.78. The number of anilines is 2. The minimum atomic E-state index is -4.50. The van der Waals surface area contributed by atoms with E-state index in [9.17, 15) is 22.8 Å². The summed E-state index contributed by atoms with van der Waals surface area (Å²) in [6.45, 7) is 1.30. The Labute approximate surface area is 181 Å². The Morgan fingerprint density at radius 2 is 2.06 bits per heavy atom. The monoisotopic (exact) mass is 453 g/mol. The highest BCUT2D eigenvalue weighted by Gasteiger charge is 2.35. The van der Waals surface area contributed by atoms with E-state index in [2.05, 4.69) is 10.6 Å². The molecule has 0 radical (unpaired) electrons. The normalized spacial score (nSPS) is 21.9. The summed E-state index contributed by atoms with van der Waals surface area (Å²) in [5.41, 5.74) is -0.804. The van der Waals surface area contributed by atoms with Gasteiger partial charge in [0, 0.05) is 19.5 Å². The summed E-state index contributed by atoms with van der Waals surface area (Å²) < 4.78 is 44.8. The number of alkyl halides is 3. The average molecular weight is 453 g/mol. The second-order valence-electron chi connectivity index (χ2n) is 7.76. The molecule has 10 heteroatoms. The molecule has 6 nitrogen and oxygen atoms in total. The zero-order valence-corrected chi connectivity index (χ0v) is 17.4. The molecule has 1 aromatic carbocycles. The van der Waals surface area contributed by atoms with Gasteiger partial charge in [0.25, 0.3) is 0 Å². The molecule has 0 spiro atoms. The number of nitrogens with one attached hydrogen (secondary N) is 2. The van der Waals surface area contributed by atoms with E-state index in [0.717, 1.165) is 17.1 Å². The first-order chi connectivity index (χ1) is 14.8. The van der Waals surface area contributed by atoms with Crippen molar-refractivity contribution in [3.05, 3.63) is 41.3 Å². The number of ether oxygens (including phenoxy) is 1. The van der Waals surface area contributed by atoms with Crippen LogP contribution in [-0.2, 0) is 11.0 Å². The van der Waals surface area contributed by atoms with Gasteiger partial charge in [0.2, 0.25) is 5.91 Å². The lowest BCUT2D eigenvalue weighted by Crippen LogP contribution is -2.46. The molecule has 2 aliphatic rings. The van der Waals surface area contributed by atoms with Crippen molar-refractivity contribution in [2.24, 2.45) is 11.8 Å². The fourth-order valence-corrected chi connectivity index (χ4v) is 4.69. The molecule has 2 N–H and O–H groups in total. The van der Waals surface area contributed by atoms with Crippen molar-refractivity contribution < 1.29 is 27.5 Å². The number of hydrogen-bond acceptors (Lipinski definition) is 4. The van der Waals surface area contributed by atoms with Crippen LogP contribution in [-0.4, -0.2) is 36.5 Å². The quantitative estimate of drug-likeness (QED) is 0.635. The van der Waals surface area contributed by atoms with Gasteiger partial charge >= 0.3 is 12.2 Å². The predicted octanol–water partition coefficient (Wildman–Crippen LogP) is 5.05. The predicted molar refractivity (Wildman–Crippen MR) is 111 cm³/mol. The highest BCUT2D eigenvalue weighted by atomic mass is 32.1. The number of halogens is 3. The summed E-state index contributed by atoms with van der Waals surface area (Å²) in [5, 5.41) is 8.12. The number of nitrogens with zero attached hydrogens (tertiary/aromatic N) is 1. The van der Waals surface area contributed by atoms with Crippen LogP contribution in [0.3, 0.4) is 0 Å². The third kappa shape index (κ3) is 5.12. The smallest absolute Gasteiger partial charge is 0.416 e. The molecule has 1 saturated heterocycles. The van der Waals surface area contributed by atoms with Crippen molar-refractivity contribution in [1.29, 1.82) is 0 Å². The summed E-state index contributed by atoms with van der Waals surface area (Å²) in [5.74, 6) is -0.0493. The summed E-state index contributed by atoms with van der Waals surface area (Å²) in [7, 11) is 0. The van der Waals surface area contributed by atoms with Crippen LogP contribution in [0, 0.1) is 11.8 Å². The number of benzene rings is 1. The van der Waals surface area contributed by atoms with Crippen LogP contribution in [0.2, 0.25) is 0 Å². The van der Waals surface area contributed by atoms with Crippen LogP contribution in [0.5, 0.6) is 5.75 Å². The second-order valence-corrected chi connectivity index (χ2v) is 8.71. The van der Waals surface area contributed by atoms with Crippen molar-refractivity contribution in [2.75, 3.05) is 30.3 Å². The molecule has 31 heavy (non-hydrogen) atoms. The molecule has 2 aliphatic heterocycles. The molecule has 0 bridgehead atoms. The van der Waals surface area contributed by atoms with Crippen LogP contribution in [0.4, 0.5) is 28.7 Å². The standard InChI is InChI=1S/C21H22F3N3O3S/c22-21(23,24)15-3-4-17-16(11-15)25-18(28)10-13-5-7-27(12-14(13)6-8-30-17)20(29)26-19-2-1-9-31-19/h1-4,9,11,13-14H,5-8,10,12H2,(H,25,28)(H,26,29)/t13-,14-/m0/s1. The largest absolute Gasteiger partial charge is 0.491 e. The Hall–Kier alpha value is -2.75. The lowest BCUT2D eigenvalue weighted by atomic mass is 9.81. The maximum atomic E-state index is 13.0. The number of carbonyl (C=O) groups is 2. The summed E-state index contributed by atoms with van der Waals surface area (Å²) in [6, 6.07) is 6.60. The molecule has 0 aliphatic carbocycles. The number of fused-ring (bicyclic) bond motifs is 2. The highest BCUT2D eigenvalue weighted by Crippen LogP contribution is 2.37. The third-order valence-electron chi connectivity index (χ3n) is 5.70. The number of thiophene rings is 1. The van der Waals surface area contributed by atoms with E-state index < -0.39 is 11.7 Å². The van der Waals surface area contributed by atoms with Gasteiger partial charge in [-0.25, -0.2) is 4.79 Å². The van der Waals surface area contributed by atoms with Gasteiger partial charge < -0.3 is 15.0 Å². The van der Waals surface area contributed by atoms with Crippen LogP contribution in [0.1, 0.15) is 24.8 Å². The highest BCUT2D eigenvalue weighted by molar-refractivity contribution is 7.14. The molecule has 2 atom stereocenters. The van der Waals surface area contributed by atoms with E-state index in [1.54, 1.807) is 4.90 Å². The number of likely N-dealkylation sites (tertiary alicyclic amines) is 1. The SMILES string of the molecule is O=C1C[C@@H]2CCN(C(=O)Nc3cccs3)C[C@@H]2CCOc2ccc(C(F)(F)F)cc2N1. The average Bonchev–Trinajstić information content (AvgIpc) is 3.22. The number of amides is 3. The van der Waals surface area contributed by atoms with Crippen LogP contribution >= 0.6 is 11.3 Å². The number of urea groups is 1. The van der Waals surface area contributed by atoms with Crippen LogP contribution < -0.4 is 15.4 Å². The summed E-state index contributed by atoms with van der Waals surface area (Å²) in [4.78, 5) is 26.9. The van der Waals surface area contributed by atoms with E-state index in [4.69, 9.17) is 4.74 Å². The maximum absolute atomic E-state index is 13.0. The molecule has 0 saturated carbocycles. The Kier molecular flexibility index (Phi) is 6.08. The van der Waals surface area contributed by atoms with E-state index in [1.807, 2.05) is 17.5 Å². The van der Waals surface area contributed by atoms with Crippen molar-refractivity contribution in [3.63, 3.8) is 0 Å². The van der Waals surface area contributed by atoms with E-state index in [0.29, 0.717) is 25.9 Å².